The van der Waals surface area contributed by atoms with Crippen molar-refractivity contribution in [2.45, 2.75) is 25.0 Å². The van der Waals surface area contributed by atoms with Crippen molar-refractivity contribution in [3.05, 3.63) is 45.6 Å². The number of Topliss-reactive ketones (excluding diaryl/α,β-unsaturated/α-hetero) is 1. The van der Waals surface area contributed by atoms with E-state index >= 15 is 0 Å². The number of carboxylic acids is 2. The van der Waals surface area contributed by atoms with Gasteiger partial charge < -0.3 is 25.5 Å². The van der Waals surface area contributed by atoms with Gasteiger partial charge in [-0.25, -0.2) is 14.8 Å². The first kappa shape index (κ1) is 20.3. The summed E-state index contributed by atoms with van der Waals surface area (Å²) < 4.78 is 5.72. The molecule has 5 N–H and O–H groups in total. The minimum absolute atomic E-state index is 0.00244. The van der Waals surface area contributed by atoms with E-state index in [1.165, 1.54) is 18.2 Å². The number of aliphatic hydroxyl groups excluding tert-OH is 1. The highest BCUT2D eigenvalue weighted by molar-refractivity contribution is 6.36. The summed E-state index contributed by atoms with van der Waals surface area (Å²) in [5.74, 6) is -3.24. The number of aliphatic carboxylic acids is 2. The minimum Gasteiger partial charge on any atom is -0.480 e. The lowest BCUT2D eigenvalue weighted by molar-refractivity contribution is -0.138. The number of carboxylic acid groups (broad SMARTS) is 2. The maximum absolute atomic E-state index is 12.6. The Morgan fingerprint density at radius 3 is 2.68 bits per heavy atom. The van der Waals surface area contributed by atoms with Crippen molar-refractivity contribution in [3.8, 4) is 11.5 Å². The number of carbonyl (C=O) groups is 3. The predicted molar refractivity (Wildman–Crippen MR) is 106 cm³/mol. The van der Waals surface area contributed by atoms with Crippen molar-refractivity contribution in [1.82, 2.24) is 4.98 Å². The SMILES string of the molecule is NC(CC(=O)c1cccc2oc3cc(=O)c4c(c-3nc12)C(O)CC(C(=O)O)=N4)C(=O)O. The van der Waals surface area contributed by atoms with E-state index in [9.17, 15) is 24.3 Å². The van der Waals surface area contributed by atoms with E-state index < -0.39 is 41.7 Å². The van der Waals surface area contributed by atoms with Crippen molar-refractivity contribution >= 4 is 40.2 Å². The van der Waals surface area contributed by atoms with Crippen LogP contribution in [0, 0.1) is 0 Å². The highest BCUT2D eigenvalue weighted by Gasteiger charge is 2.32. The summed E-state index contributed by atoms with van der Waals surface area (Å²) in [5.41, 5.74) is 4.52. The minimum atomic E-state index is -1.40. The summed E-state index contributed by atoms with van der Waals surface area (Å²) in [5, 5.41) is 28.6. The molecule has 4 rings (SSSR count). The van der Waals surface area contributed by atoms with Crippen LogP contribution in [0.5, 0.6) is 0 Å². The topological polar surface area (TPSA) is 193 Å². The average molecular weight is 425 g/mol. The van der Waals surface area contributed by atoms with Gasteiger partial charge in [-0.1, -0.05) is 6.07 Å². The van der Waals surface area contributed by atoms with Crippen LogP contribution in [0.1, 0.15) is 34.9 Å². The molecule has 0 radical (unpaired) electrons. The van der Waals surface area contributed by atoms with Crippen LogP contribution >= 0.6 is 0 Å². The number of benzene rings is 2. The number of fused-ring (bicyclic) bond motifs is 4. The van der Waals surface area contributed by atoms with Crippen LogP contribution in [0.15, 0.2) is 38.5 Å². The number of rotatable bonds is 5. The van der Waals surface area contributed by atoms with Crippen LogP contribution < -0.4 is 11.2 Å². The molecule has 158 valence electrons. The van der Waals surface area contributed by atoms with Crippen LogP contribution in [0.25, 0.3) is 22.6 Å². The Kier molecular flexibility index (Phi) is 4.84. The lowest BCUT2D eigenvalue weighted by Crippen LogP contribution is -2.32. The molecule has 2 heterocycles. The van der Waals surface area contributed by atoms with E-state index in [1.54, 1.807) is 0 Å². The first-order valence-electron chi connectivity index (χ1n) is 9.08. The normalized spacial score (nSPS) is 16.6. The lowest BCUT2D eigenvalue weighted by atomic mass is 9.94. The van der Waals surface area contributed by atoms with Crippen molar-refractivity contribution in [1.29, 1.82) is 0 Å². The lowest BCUT2D eigenvalue weighted by Gasteiger charge is -2.22. The molecular weight excluding hydrogens is 410 g/mol. The Labute approximate surface area is 172 Å². The molecule has 11 nitrogen and oxygen atoms in total. The number of carbonyl (C=O) groups excluding carboxylic acids is 1. The molecule has 0 aromatic heterocycles. The van der Waals surface area contributed by atoms with E-state index in [4.69, 9.17) is 20.4 Å². The molecule has 0 spiro atoms. The first-order valence-corrected chi connectivity index (χ1v) is 9.08. The molecule has 3 aliphatic rings. The smallest absolute Gasteiger partial charge is 0.350 e. The maximum Gasteiger partial charge on any atom is 0.350 e. The molecule has 0 bridgehead atoms. The number of hydrogen-bond donors (Lipinski definition) is 4. The molecule has 1 aromatic carbocycles. The Hall–Kier alpha value is -3.96. The number of hydrogen-bond acceptors (Lipinski definition) is 9. The Morgan fingerprint density at radius 2 is 2.00 bits per heavy atom. The molecule has 1 aliphatic carbocycles. The zero-order chi connectivity index (χ0) is 22.4. The summed E-state index contributed by atoms with van der Waals surface area (Å²) in [6, 6.07) is 4.13. The summed E-state index contributed by atoms with van der Waals surface area (Å²) >= 11 is 0. The molecule has 0 saturated heterocycles. The zero-order valence-corrected chi connectivity index (χ0v) is 15.7. The molecule has 0 amide bonds. The van der Waals surface area contributed by atoms with Crippen molar-refractivity contribution in [3.63, 3.8) is 0 Å². The highest BCUT2D eigenvalue weighted by Crippen LogP contribution is 2.39. The van der Waals surface area contributed by atoms with Gasteiger partial charge in [0.1, 0.15) is 28.7 Å². The molecule has 2 aliphatic heterocycles. The van der Waals surface area contributed by atoms with Gasteiger partial charge >= 0.3 is 11.9 Å². The summed E-state index contributed by atoms with van der Waals surface area (Å²) in [6.07, 6.45) is -2.19. The second kappa shape index (κ2) is 7.38. The second-order valence-electron chi connectivity index (χ2n) is 7.01. The number of aliphatic imine (C=N–C) groups is 1. The van der Waals surface area contributed by atoms with E-state index in [0.29, 0.717) is 0 Å². The van der Waals surface area contributed by atoms with Crippen LogP contribution in [-0.4, -0.2) is 49.8 Å². The fourth-order valence-corrected chi connectivity index (χ4v) is 3.43. The zero-order valence-electron chi connectivity index (χ0n) is 15.7. The molecule has 11 heteroatoms. The van der Waals surface area contributed by atoms with E-state index in [-0.39, 0.29) is 51.5 Å². The third kappa shape index (κ3) is 3.45. The van der Waals surface area contributed by atoms with Crippen LogP contribution in [-0.2, 0) is 9.59 Å². The van der Waals surface area contributed by atoms with Crippen LogP contribution in [0.4, 0.5) is 5.69 Å². The standard InChI is InChI=1S/C20H15N3O8/c21-8(19(27)28)4-10(24)7-2-1-3-13-16(7)23-18-14(31-13)6-12(26)17-15(18)11(25)5-9(22-17)20(29)30/h1-3,6,8,11,25H,4-5,21H2,(H,27,28)(H,29,30). The Balaban J connectivity index is 1.96. The number of aliphatic hydroxyl groups is 1. The summed E-state index contributed by atoms with van der Waals surface area (Å²) in [6.45, 7) is 0. The highest BCUT2D eigenvalue weighted by atomic mass is 16.4. The van der Waals surface area contributed by atoms with Crippen LogP contribution in [0.3, 0.4) is 0 Å². The van der Waals surface area contributed by atoms with Crippen molar-refractivity contribution in [2.75, 3.05) is 0 Å². The number of aromatic nitrogens is 1. The van der Waals surface area contributed by atoms with Gasteiger partial charge in [0.2, 0.25) is 5.43 Å². The molecule has 31 heavy (non-hydrogen) atoms. The molecule has 2 atom stereocenters. The van der Waals surface area contributed by atoms with Crippen molar-refractivity contribution < 1.29 is 34.1 Å². The second-order valence-corrected chi connectivity index (χ2v) is 7.01. The van der Waals surface area contributed by atoms with E-state index in [2.05, 4.69) is 9.98 Å². The molecule has 0 saturated carbocycles. The number of para-hydroxylation sites is 1. The number of ketones is 1. The fourth-order valence-electron chi connectivity index (χ4n) is 3.43. The maximum atomic E-state index is 12.6. The number of nitrogens with zero attached hydrogens (tertiary/aromatic N) is 2. The summed E-state index contributed by atoms with van der Waals surface area (Å²) in [7, 11) is 0. The van der Waals surface area contributed by atoms with E-state index in [0.717, 1.165) is 6.07 Å². The summed E-state index contributed by atoms with van der Waals surface area (Å²) in [4.78, 5) is 55.6. The van der Waals surface area contributed by atoms with Gasteiger partial charge in [-0.15, -0.1) is 0 Å². The predicted octanol–water partition coefficient (Wildman–Crippen LogP) is 0.872. The molecule has 0 fully saturated rings. The Bertz CT molecular complexity index is 1330. The van der Waals surface area contributed by atoms with Gasteiger partial charge in [-0.05, 0) is 12.1 Å². The molecular formula is C20H15N3O8. The monoisotopic (exact) mass is 425 g/mol. The largest absolute Gasteiger partial charge is 0.480 e. The van der Waals surface area contributed by atoms with Gasteiger partial charge in [0.15, 0.2) is 17.1 Å². The fraction of sp³-hybridized carbons (Fsp3) is 0.200. The molecule has 1 aromatic rings. The van der Waals surface area contributed by atoms with Crippen LogP contribution in [0.2, 0.25) is 0 Å². The van der Waals surface area contributed by atoms with Crippen molar-refractivity contribution in [2.24, 2.45) is 10.7 Å². The Morgan fingerprint density at radius 1 is 1.26 bits per heavy atom. The average Bonchev–Trinajstić information content (AvgIpc) is 2.71. The third-order valence-corrected chi connectivity index (χ3v) is 4.92. The van der Waals surface area contributed by atoms with Gasteiger partial charge in [0.25, 0.3) is 0 Å². The quantitative estimate of drug-likeness (QED) is 0.336. The first-order chi connectivity index (χ1) is 14.7. The number of nitrogens with two attached hydrogens (primary N) is 1. The van der Waals surface area contributed by atoms with Gasteiger partial charge in [-0.2, -0.15) is 0 Å². The van der Waals surface area contributed by atoms with Gasteiger partial charge in [0, 0.05) is 30.0 Å². The van der Waals surface area contributed by atoms with Gasteiger partial charge in [-0.3, -0.25) is 14.4 Å². The van der Waals surface area contributed by atoms with Gasteiger partial charge in [0.05, 0.1) is 6.10 Å². The third-order valence-electron chi connectivity index (χ3n) is 4.92. The van der Waals surface area contributed by atoms with E-state index in [1.807, 2.05) is 0 Å². The molecule has 2 unspecified atom stereocenters.